The fraction of sp³-hybridized carbons (Fsp3) is 0.120. The van der Waals surface area contributed by atoms with Crippen LogP contribution in [0.2, 0.25) is 0 Å². The lowest BCUT2D eigenvalue weighted by Gasteiger charge is -2.17. The van der Waals surface area contributed by atoms with Crippen molar-refractivity contribution >= 4 is 28.8 Å². The number of imide groups is 1. The van der Waals surface area contributed by atoms with E-state index in [1.807, 2.05) is 19.9 Å². The monoisotopic (exact) mass is 416 g/mol. The number of methoxy groups -OCH3 is 1. The summed E-state index contributed by atoms with van der Waals surface area (Å²) in [7, 11) is 1.56. The summed E-state index contributed by atoms with van der Waals surface area (Å²) in [6.45, 7) is 3.83. The van der Waals surface area contributed by atoms with Gasteiger partial charge in [0.25, 0.3) is 11.8 Å². The summed E-state index contributed by atoms with van der Waals surface area (Å²) in [6, 6.07) is 18.1. The second-order valence-electron chi connectivity index (χ2n) is 7.40. The van der Waals surface area contributed by atoms with Gasteiger partial charge >= 0.3 is 0 Å². The molecule has 0 aromatic heterocycles. The zero-order chi connectivity index (χ0) is 22.1. The molecule has 0 atom stereocenters. The Kier molecular flexibility index (Phi) is 5.29. The molecule has 31 heavy (non-hydrogen) atoms. The summed E-state index contributed by atoms with van der Waals surface area (Å²) < 4.78 is 18.5. The quantitative estimate of drug-likeness (QED) is 0.604. The zero-order valence-corrected chi connectivity index (χ0v) is 17.4. The molecule has 1 N–H and O–H groups in total. The van der Waals surface area contributed by atoms with E-state index in [1.165, 1.54) is 29.2 Å². The van der Waals surface area contributed by atoms with Crippen LogP contribution < -0.4 is 15.0 Å². The predicted molar refractivity (Wildman–Crippen MR) is 118 cm³/mol. The van der Waals surface area contributed by atoms with E-state index < -0.39 is 11.8 Å². The van der Waals surface area contributed by atoms with Crippen molar-refractivity contribution in [3.05, 3.63) is 94.9 Å². The van der Waals surface area contributed by atoms with Crippen molar-refractivity contribution in [2.24, 2.45) is 0 Å². The molecule has 1 aliphatic heterocycles. The standard InChI is InChI=1S/C25H21FN2O3/c1-15-12-16(2)14-20(13-15)28-24(29)22(17-4-10-21(31-3)11-5-17)23(25(28)30)27-19-8-6-18(26)7-9-19/h4-14,27H,1-3H3. The van der Waals surface area contributed by atoms with E-state index in [0.29, 0.717) is 22.7 Å². The molecule has 0 unspecified atom stereocenters. The van der Waals surface area contributed by atoms with Crippen LogP contribution in [0.5, 0.6) is 5.75 Å². The molecule has 156 valence electrons. The van der Waals surface area contributed by atoms with Gasteiger partial charge in [-0.2, -0.15) is 0 Å². The molecule has 0 saturated heterocycles. The topological polar surface area (TPSA) is 58.6 Å². The normalized spacial score (nSPS) is 13.7. The molecule has 2 amide bonds. The molecule has 0 fully saturated rings. The van der Waals surface area contributed by atoms with Gasteiger partial charge in [-0.15, -0.1) is 0 Å². The Morgan fingerprint density at radius 3 is 2.03 bits per heavy atom. The summed E-state index contributed by atoms with van der Waals surface area (Å²) in [6.07, 6.45) is 0. The Bertz CT molecular complexity index is 1180. The van der Waals surface area contributed by atoms with E-state index in [9.17, 15) is 14.0 Å². The molecule has 0 bridgehead atoms. The van der Waals surface area contributed by atoms with Crippen molar-refractivity contribution in [3.63, 3.8) is 0 Å². The molecule has 5 nitrogen and oxygen atoms in total. The van der Waals surface area contributed by atoms with Gasteiger partial charge in [-0.3, -0.25) is 9.59 Å². The fourth-order valence-corrected chi connectivity index (χ4v) is 3.66. The van der Waals surface area contributed by atoms with Gasteiger partial charge in [0.15, 0.2) is 0 Å². The molecule has 1 heterocycles. The third-order valence-electron chi connectivity index (χ3n) is 5.04. The highest BCUT2D eigenvalue weighted by molar-refractivity contribution is 6.46. The van der Waals surface area contributed by atoms with Crippen LogP contribution >= 0.6 is 0 Å². The van der Waals surface area contributed by atoms with Crippen LogP contribution in [-0.2, 0) is 9.59 Å². The molecular formula is C25H21FN2O3. The average molecular weight is 416 g/mol. The number of hydrogen-bond donors (Lipinski definition) is 1. The molecule has 6 heteroatoms. The molecule has 0 saturated carbocycles. The SMILES string of the molecule is COc1ccc(C2=C(Nc3ccc(F)cc3)C(=O)N(c3cc(C)cc(C)c3)C2=O)cc1. The third-order valence-corrected chi connectivity index (χ3v) is 5.04. The number of ether oxygens (including phenoxy) is 1. The first-order valence-electron chi connectivity index (χ1n) is 9.76. The van der Waals surface area contributed by atoms with E-state index in [0.717, 1.165) is 11.1 Å². The number of aryl methyl sites for hydroxylation is 2. The highest BCUT2D eigenvalue weighted by Crippen LogP contribution is 2.35. The van der Waals surface area contributed by atoms with Crippen LogP contribution in [0, 0.1) is 19.7 Å². The van der Waals surface area contributed by atoms with Gasteiger partial charge in [-0.25, -0.2) is 9.29 Å². The summed E-state index contributed by atoms with van der Waals surface area (Å²) in [4.78, 5) is 28.0. The Balaban J connectivity index is 1.82. The number of hydrogen-bond acceptors (Lipinski definition) is 4. The molecule has 0 aliphatic carbocycles. The van der Waals surface area contributed by atoms with Crippen molar-refractivity contribution in [2.45, 2.75) is 13.8 Å². The van der Waals surface area contributed by atoms with Gasteiger partial charge in [0.1, 0.15) is 17.3 Å². The minimum absolute atomic E-state index is 0.140. The first-order chi connectivity index (χ1) is 14.9. The van der Waals surface area contributed by atoms with Gasteiger partial charge in [-0.05, 0) is 79.1 Å². The van der Waals surface area contributed by atoms with Crippen molar-refractivity contribution in [2.75, 3.05) is 17.3 Å². The van der Waals surface area contributed by atoms with Crippen LogP contribution in [-0.4, -0.2) is 18.9 Å². The second-order valence-corrected chi connectivity index (χ2v) is 7.40. The minimum Gasteiger partial charge on any atom is -0.497 e. The van der Waals surface area contributed by atoms with Crippen LogP contribution in [0.25, 0.3) is 5.57 Å². The lowest BCUT2D eigenvalue weighted by molar-refractivity contribution is -0.120. The van der Waals surface area contributed by atoms with Crippen molar-refractivity contribution in [1.82, 2.24) is 0 Å². The highest BCUT2D eigenvalue weighted by Gasteiger charge is 2.40. The van der Waals surface area contributed by atoms with E-state index in [1.54, 1.807) is 43.5 Å². The van der Waals surface area contributed by atoms with Gasteiger partial charge in [0.05, 0.1) is 18.4 Å². The number of nitrogens with one attached hydrogen (secondary N) is 1. The van der Waals surface area contributed by atoms with E-state index in [4.69, 9.17) is 4.74 Å². The smallest absolute Gasteiger partial charge is 0.282 e. The van der Waals surface area contributed by atoms with E-state index in [2.05, 4.69) is 5.32 Å². The zero-order valence-electron chi connectivity index (χ0n) is 17.4. The Labute approximate surface area is 179 Å². The maximum absolute atomic E-state index is 13.5. The molecule has 0 radical (unpaired) electrons. The number of carbonyl (C=O) groups is 2. The first kappa shape index (κ1) is 20.3. The predicted octanol–water partition coefficient (Wildman–Crippen LogP) is 4.85. The van der Waals surface area contributed by atoms with E-state index in [-0.39, 0.29) is 17.1 Å². The van der Waals surface area contributed by atoms with Crippen LogP contribution in [0.1, 0.15) is 16.7 Å². The Hall–Kier alpha value is -3.93. The second kappa shape index (κ2) is 8.07. The number of anilines is 2. The van der Waals surface area contributed by atoms with Crippen LogP contribution in [0.4, 0.5) is 15.8 Å². The molecule has 1 aliphatic rings. The number of halogens is 1. The summed E-state index contributed by atoms with van der Waals surface area (Å²) in [5.41, 5.74) is 3.87. The van der Waals surface area contributed by atoms with Gasteiger partial charge in [0, 0.05) is 5.69 Å². The highest BCUT2D eigenvalue weighted by atomic mass is 19.1. The molecule has 0 spiro atoms. The van der Waals surface area contributed by atoms with Crippen molar-refractivity contribution < 1.29 is 18.7 Å². The number of carbonyl (C=O) groups excluding carboxylic acids is 2. The summed E-state index contributed by atoms with van der Waals surface area (Å²) >= 11 is 0. The maximum Gasteiger partial charge on any atom is 0.282 e. The van der Waals surface area contributed by atoms with Crippen molar-refractivity contribution in [3.8, 4) is 5.75 Å². The number of benzene rings is 3. The largest absolute Gasteiger partial charge is 0.497 e. The van der Waals surface area contributed by atoms with Gasteiger partial charge < -0.3 is 10.1 Å². The number of rotatable bonds is 5. The van der Waals surface area contributed by atoms with Gasteiger partial charge in [0.2, 0.25) is 0 Å². The van der Waals surface area contributed by atoms with Crippen molar-refractivity contribution in [1.29, 1.82) is 0 Å². The number of amides is 2. The van der Waals surface area contributed by atoms with E-state index >= 15 is 0 Å². The third kappa shape index (κ3) is 3.92. The molecule has 3 aromatic rings. The lowest BCUT2D eigenvalue weighted by atomic mass is 10.0. The Morgan fingerprint density at radius 1 is 0.839 bits per heavy atom. The molecule has 3 aromatic carbocycles. The van der Waals surface area contributed by atoms with Crippen LogP contribution in [0.3, 0.4) is 0 Å². The minimum atomic E-state index is -0.467. The molecular weight excluding hydrogens is 395 g/mol. The number of nitrogens with zero attached hydrogens (tertiary/aromatic N) is 1. The van der Waals surface area contributed by atoms with Crippen LogP contribution in [0.15, 0.2) is 72.4 Å². The first-order valence-corrected chi connectivity index (χ1v) is 9.76. The summed E-state index contributed by atoms with van der Waals surface area (Å²) in [5, 5.41) is 3.02. The van der Waals surface area contributed by atoms with Gasteiger partial charge in [-0.1, -0.05) is 18.2 Å². The maximum atomic E-state index is 13.5. The lowest BCUT2D eigenvalue weighted by Crippen LogP contribution is -2.32. The Morgan fingerprint density at radius 2 is 1.45 bits per heavy atom. The molecule has 4 rings (SSSR count). The fourth-order valence-electron chi connectivity index (χ4n) is 3.66. The average Bonchev–Trinajstić information content (AvgIpc) is 2.98. The summed E-state index contributed by atoms with van der Waals surface area (Å²) in [5.74, 6) is -0.643.